The number of aromatic nitrogens is 2. The summed E-state index contributed by atoms with van der Waals surface area (Å²) in [6, 6.07) is 3.81. The van der Waals surface area contributed by atoms with Gasteiger partial charge in [0.2, 0.25) is 0 Å². The van der Waals surface area contributed by atoms with Crippen LogP contribution >= 0.6 is 22.9 Å². The molecule has 0 fully saturated rings. The van der Waals surface area contributed by atoms with E-state index in [-0.39, 0.29) is 0 Å². The molecule has 0 aliphatic rings. The summed E-state index contributed by atoms with van der Waals surface area (Å²) < 4.78 is 0. The fraction of sp³-hybridized carbons (Fsp3) is 0.273. The number of hydrogen-bond donors (Lipinski definition) is 0. The van der Waals surface area contributed by atoms with Crippen molar-refractivity contribution in [3.8, 4) is 0 Å². The number of pyridine rings is 1. The molecule has 0 radical (unpaired) electrons. The third-order valence-corrected chi connectivity index (χ3v) is 3.50. The lowest BCUT2D eigenvalue weighted by molar-refractivity contribution is 0.924. The molecule has 16 heavy (non-hydrogen) atoms. The van der Waals surface area contributed by atoms with E-state index in [4.69, 9.17) is 11.6 Å². The van der Waals surface area contributed by atoms with E-state index in [1.165, 1.54) is 4.88 Å². The van der Waals surface area contributed by atoms with Crippen LogP contribution in [0.2, 0.25) is 5.15 Å². The lowest BCUT2D eigenvalue weighted by Crippen LogP contribution is -2.16. The summed E-state index contributed by atoms with van der Waals surface area (Å²) in [6.45, 7) is 2.87. The van der Waals surface area contributed by atoms with Gasteiger partial charge in [-0.1, -0.05) is 11.6 Å². The molecule has 0 unspecified atom stereocenters. The Balaban J connectivity index is 2.14. The maximum absolute atomic E-state index is 5.85. The second-order valence-electron chi connectivity index (χ2n) is 3.55. The van der Waals surface area contributed by atoms with E-state index in [1.54, 1.807) is 17.5 Å². The Labute approximate surface area is 104 Å². The minimum absolute atomic E-state index is 0.519. The minimum Gasteiger partial charge on any atom is -0.369 e. The molecule has 5 heteroatoms. The maximum atomic E-state index is 5.85. The van der Waals surface area contributed by atoms with Gasteiger partial charge in [-0.3, -0.25) is 0 Å². The smallest absolute Gasteiger partial charge is 0.131 e. The van der Waals surface area contributed by atoms with E-state index in [2.05, 4.69) is 14.9 Å². The summed E-state index contributed by atoms with van der Waals surface area (Å²) in [7, 11) is 2.03. The first kappa shape index (κ1) is 11.4. The molecule has 0 saturated heterocycles. The number of nitrogens with zero attached hydrogens (tertiary/aromatic N) is 3. The van der Waals surface area contributed by atoms with Crippen molar-refractivity contribution in [1.82, 2.24) is 9.97 Å². The molecule has 0 aliphatic heterocycles. The highest BCUT2D eigenvalue weighted by Crippen LogP contribution is 2.20. The van der Waals surface area contributed by atoms with Crippen molar-refractivity contribution in [3.63, 3.8) is 0 Å². The lowest BCUT2D eigenvalue weighted by Gasteiger charge is -2.18. The predicted molar refractivity (Wildman–Crippen MR) is 68.2 cm³/mol. The molecule has 0 aliphatic carbocycles. The summed E-state index contributed by atoms with van der Waals surface area (Å²) >= 11 is 7.53. The van der Waals surface area contributed by atoms with Crippen LogP contribution in [0.4, 0.5) is 5.69 Å². The third kappa shape index (κ3) is 2.51. The molecule has 3 nitrogen and oxygen atoms in total. The lowest BCUT2D eigenvalue weighted by atomic mass is 10.3. The van der Waals surface area contributed by atoms with Crippen molar-refractivity contribution in [2.75, 3.05) is 11.9 Å². The second kappa shape index (κ2) is 4.80. The van der Waals surface area contributed by atoms with Crippen LogP contribution in [-0.2, 0) is 6.54 Å². The Kier molecular flexibility index (Phi) is 3.41. The zero-order chi connectivity index (χ0) is 11.5. The molecule has 2 aromatic heterocycles. The highest BCUT2D eigenvalue weighted by Gasteiger charge is 2.07. The zero-order valence-electron chi connectivity index (χ0n) is 9.14. The Morgan fingerprint density at radius 2 is 2.25 bits per heavy atom. The number of thiazole rings is 1. The number of anilines is 1. The fourth-order valence-electron chi connectivity index (χ4n) is 1.41. The monoisotopic (exact) mass is 253 g/mol. The van der Waals surface area contributed by atoms with Crippen molar-refractivity contribution < 1.29 is 0 Å². The van der Waals surface area contributed by atoms with Crippen LogP contribution in [0, 0.1) is 6.92 Å². The molecule has 2 heterocycles. The van der Waals surface area contributed by atoms with Crippen LogP contribution in [0.1, 0.15) is 10.6 Å². The first-order valence-electron chi connectivity index (χ1n) is 4.88. The van der Waals surface area contributed by atoms with Crippen LogP contribution in [-0.4, -0.2) is 17.0 Å². The van der Waals surface area contributed by atoms with Crippen molar-refractivity contribution in [1.29, 1.82) is 0 Å². The number of halogens is 1. The molecule has 0 saturated carbocycles. The maximum Gasteiger partial charge on any atom is 0.131 e. The summed E-state index contributed by atoms with van der Waals surface area (Å²) in [6.07, 6.45) is 1.72. The van der Waals surface area contributed by atoms with Crippen LogP contribution in [0.25, 0.3) is 0 Å². The van der Waals surface area contributed by atoms with E-state index in [9.17, 15) is 0 Å². The normalized spacial score (nSPS) is 10.4. The van der Waals surface area contributed by atoms with Crippen molar-refractivity contribution in [3.05, 3.63) is 39.6 Å². The molecule has 0 spiro atoms. The van der Waals surface area contributed by atoms with Crippen molar-refractivity contribution in [2.45, 2.75) is 13.5 Å². The summed E-state index contributed by atoms with van der Waals surface area (Å²) in [5.41, 5.74) is 4.03. The van der Waals surface area contributed by atoms with Gasteiger partial charge in [-0.15, -0.1) is 11.3 Å². The van der Waals surface area contributed by atoms with Gasteiger partial charge < -0.3 is 4.90 Å². The SMILES string of the molecule is Cc1ncsc1CN(C)c1ccnc(Cl)c1. The fourth-order valence-corrected chi connectivity index (χ4v) is 2.41. The van der Waals surface area contributed by atoms with Gasteiger partial charge in [0.25, 0.3) is 0 Å². The zero-order valence-corrected chi connectivity index (χ0v) is 10.7. The highest BCUT2D eigenvalue weighted by atomic mass is 35.5. The van der Waals surface area contributed by atoms with E-state index in [1.807, 2.05) is 31.6 Å². The standard InChI is InChI=1S/C11H12ClN3S/c1-8-10(16-7-14-8)6-15(2)9-3-4-13-11(12)5-9/h3-5,7H,6H2,1-2H3. The van der Waals surface area contributed by atoms with Gasteiger partial charge in [0.05, 0.1) is 17.7 Å². The molecular weight excluding hydrogens is 242 g/mol. The topological polar surface area (TPSA) is 29.0 Å². The van der Waals surface area contributed by atoms with E-state index < -0.39 is 0 Å². The second-order valence-corrected chi connectivity index (χ2v) is 4.88. The largest absolute Gasteiger partial charge is 0.369 e. The van der Waals surface area contributed by atoms with Gasteiger partial charge in [0, 0.05) is 23.8 Å². The van der Waals surface area contributed by atoms with Crippen LogP contribution in [0.15, 0.2) is 23.8 Å². The van der Waals surface area contributed by atoms with Crippen LogP contribution < -0.4 is 4.90 Å². The quantitative estimate of drug-likeness (QED) is 0.787. The van der Waals surface area contributed by atoms with Crippen molar-refractivity contribution >= 4 is 28.6 Å². The molecular formula is C11H12ClN3S. The van der Waals surface area contributed by atoms with Crippen molar-refractivity contribution in [2.24, 2.45) is 0 Å². The Bertz CT molecular complexity index is 484. The van der Waals surface area contributed by atoms with Crippen LogP contribution in [0.3, 0.4) is 0 Å². The molecule has 84 valence electrons. The molecule has 0 amide bonds. The summed E-state index contributed by atoms with van der Waals surface area (Å²) in [4.78, 5) is 11.6. The number of aryl methyl sites for hydroxylation is 1. The molecule has 2 rings (SSSR count). The van der Waals surface area contributed by atoms with Crippen LogP contribution in [0.5, 0.6) is 0 Å². The Morgan fingerprint density at radius 3 is 2.88 bits per heavy atom. The summed E-state index contributed by atoms with van der Waals surface area (Å²) in [5.74, 6) is 0. The Hall–Kier alpha value is -1.13. The third-order valence-electron chi connectivity index (χ3n) is 2.38. The average Bonchev–Trinajstić information content (AvgIpc) is 2.64. The molecule has 0 aromatic carbocycles. The average molecular weight is 254 g/mol. The van der Waals surface area contributed by atoms with Gasteiger partial charge >= 0.3 is 0 Å². The molecule has 0 N–H and O–H groups in total. The molecule has 2 aromatic rings. The molecule has 0 bridgehead atoms. The van der Waals surface area contributed by atoms with Gasteiger partial charge in [-0.2, -0.15) is 0 Å². The van der Waals surface area contributed by atoms with Gasteiger partial charge in [-0.25, -0.2) is 9.97 Å². The van der Waals surface area contributed by atoms with Gasteiger partial charge in [0.1, 0.15) is 5.15 Å². The van der Waals surface area contributed by atoms with E-state index >= 15 is 0 Å². The highest BCUT2D eigenvalue weighted by molar-refractivity contribution is 7.09. The van der Waals surface area contributed by atoms with Gasteiger partial charge in [-0.05, 0) is 19.1 Å². The number of rotatable bonds is 3. The number of hydrogen-bond acceptors (Lipinski definition) is 4. The first-order valence-corrected chi connectivity index (χ1v) is 6.14. The minimum atomic E-state index is 0.519. The van der Waals surface area contributed by atoms with E-state index in [0.29, 0.717) is 5.15 Å². The van der Waals surface area contributed by atoms with E-state index in [0.717, 1.165) is 17.9 Å². The summed E-state index contributed by atoms with van der Waals surface area (Å²) in [5, 5.41) is 0.519. The predicted octanol–water partition coefficient (Wildman–Crippen LogP) is 3.14. The Morgan fingerprint density at radius 1 is 1.44 bits per heavy atom. The molecule has 0 atom stereocenters. The van der Waals surface area contributed by atoms with Gasteiger partial charge in [0.15, 0.2) is 0 Å². The first-order chi connectivity index (χ1) is 7.66.